The summed E-state index contributed by atoms with van der Waals surface area (Å²) in [4.78, 5) is 10.7. The maximum atomic E-state index is 11.4. The highest BCUT2D eigenvalue weighted by atomic mass is 35.5. The first-order chi connectivity index (χ1) is 7.85. The van der Waals surface area contributed by atoms with Gasteiger partial charge in [0.05, 0.1) is 22.0 Å². The minimum absolute atomic E-state index is 0.0312. The second kappa shape index (κ2) is 5.20. The van der Waals surface area contributed by atoms with Gasteiger partial charge >= 0.3 is 5.97 Å². The minimum atomic E-state index is -3.51. The lowest BCUT2D eigenvalue weighted by atomic mass is 10.2. The summed E-state index contributed by atoms with van der Waals surface area (Å²) in [5, 5.41) is 8.71. The maximum absolute atomic E-state index is 11.4. The van der Waals surface area contributed by atoms with Gasteiger partial charge in [-0.2, -0.15) is 0 Å². The zero-order valence-corrected chi connectivity index (χ0v) is 10.3. The van der Waals surface area contributed by atoms with Crippen molar-refractivity contribution < 1.29 is 18.3 Å². The molecule has 0 saturated carbocycles. The number of rotatable bonds is 5. The van der Waals surface area contributed by atoms with Crippen LogP contribution in [0.1, 0.15) is 10.4 Å². The van der Waals surface area contributed by atoms with E-state index in [1.54, 1.807) is 0 Å². The van der Waals surface area contributed by atoms with E-state index < -0.39 is 16.0 Å². The summed E-state index contributed by atoms with van der Waals surface area (Å²) in [5.74, 6) is -1.40. The molecule has 7 heteroatoms. The number of carboxylic acids is 1. The number of benzene rings is 1. The van der Waals surface area contributed by atoms with Crippen LogP contribution in [0.4, 0.5) is 5.69 Å². The Hall–Kier alpha value is -1.53. The maximum Gasteiger partial charge on any atom is 0.337 e. The Balaban J connectivity index is 2.99. The van der Waals surface area contributed by atoms with Crippen molar-refractivity contribution in [2.45, 2.75) is 0 Å². The van der Waals surface area contributed by atoms with E-state index in [4.69, 9.17) is 16.7 Å². The van der Waals surface area contributed by atoms with Crippen LogP contribution >= 0.6 is 11.6 Å². The molecule has 0 aliphatic rings. The van der Waals surface area contributed by atoms with Crippen molar-refractivity contribution in [1.82, 2.24) is 0 Å². The van der Waals surface area contributed by atoms with Crippen molar-refractivity contribution in [3.8, 4) is 0 Å². The summed E-state index contributed by atoms with van der Waals surface area (Å²) in [6.45, 7) is 3.32. The molecule has 0 spiro atoms. The zero-order chi connectivity index (χ0) is 13.1. The first-order valence-electron chi connectivity index (χ1n) is 4.50. The Bertz CT molecular complexity index is 553. The van der Waals surface area contributed by atoms with Crippen molar-refractivity contribution in [3.63, 3.8) is 0 Å². The Kier molecular flexibility index (Phi) is 4.14. The van der Waals surface area contributed by atoms with Crippen LogP contribution in [-0.2, 0) is 10.0 Å². The molecular weight excluding hydrogens is 266 g/mol. The number of carboxylic acid groups (broad SMARTS) is 1. The number of hydrogen-bond acceptors (Lipinski definition) is 3. The lowest BCUT2D eigenvalue weighted by Gasteiger charge is -2.07. The molecule has 1 rings (SSSR count). The quantitative estimate of drug-likeness (QED) is 0.805. The van der Waals surface area contributed by atoms with Crippen LogP contribution in [0.25, 0.3) is 0 Å². The fourth-order valence-electron chi connectivity index (χ4n) is 1.13. The summed E-state index contributed by atoms with van der Waals surface area (Å²) >= 11 is 5.69. The van der Waals surface area contributed by atoms with Crippen molar-refractivity contribution in [2.75, 3.05) is 10.5 Å². The van der Waals surface area contributed by atoms with Crippen molar-refractivity contribution in [1.29, 1.82) is 0 Å². The third-order valence-corrected chi connectivity index (χ3v) is 3.34. The minimum Gasteiger partial charge on any atom is -0.478 e. The first kappa shape index (κ1) is 13.5. The number of carbonyl (C=O) groups is 1. The fourth-order valence-corrected chi connectivity index (χ4v) is 2.27. The number of halogens is 1. The number of hydrogen-bond donors (Lipinski definition) is 2. The number of anilines is 1. The van der Waals surface area contributed by atoms with Crippen LogP contribution in [-0.4, -0.2) is 25.2 Å². The third kappa shape index (κ3) is 3.76. The van der Waals surface area contributed by atoms with Crippen LogP contribution < -0.4 is 4.72 Å². The zero-order valence-electron chi connectivity index (χ0n) is 8.68. The lowest BCUT2D eigenvalue weighted by Crippen LogP contribution is -2.15. The van der Waals surface area contributed by atoms with Gasteiger partial charge in [-0.25, -0.2) is 13.2 Å². The number of nitrogens with one attached hydrogen (secondary N) is 1. The van der Waals surface area contributed by atoms with Crippen LogP contribution in [0.3, 0.4) is 0 Å². The average molecular weight is 276 g/mol. The second-order valence-electron chi connectivity index (χ2n) is 3.17. The molecule has 17 heavy (non-hydrogen) atoms. The Morgan fingerprint density at radius 1 is 1.53 bits per heavy atom. The molecule has 0 saturated heterocycles. The summed E-state index contributed by atoms with van der Waals surface area (Å²) in [7, 11) is -3.51. The highest BCUT2D eigenvalue weighted by Gasteiger charge is 2.12. The standard InChI is InChI=1S/C10H10ClNO4S/c1-2-5-17(15,16)12-7-3-4-8(10(13)14)9(11)6-7/h2-4,6,12H,1,5H2,(H,13,14). The molecule has 0 unspecified atom stereocenters. The van der Waals surface area contributed by atoms with Gasteiger partial charge in [-0.15, -0.1) is 6.58 Å². The first-order valence-corrected chi connectivity index (χ1v) is 6.53. The molecule has 0 heterocycles. The Labute approximate surface area is 104 Å². The fraction of sp³-hybridized carbons (Fsp3) is 0.100. The predicted octanol–water partition coefficient (Wildman–Crippen LogP) is 1.97. The van der Waals surface area contributed by atoms with E-state index in [1.807, 2.05) is 0 Å². The molecule has 1 aromatic carbocycles. The molecule has 0 aromatic heterocycles. The SMILES string of the molecule is C=CCS(=O)(=O)Nc1ccc(C(=O)O)c(Cl)c1. The van der Waals surface area contributed by atoms with Crippen molar-refractivity contribution >= 4 is 33.3 Å². The molecule has 0 radical (unpaired) electrons. The molecule has 1 aromatic rings. The van der Waals surface area contributed by atoms with Crippen LogP contribution in [0.2, 0.25) is 5.02 Å². The summed E-state index contributed by atoms with van der Waals surface area (Å²) < 4.78 is 25.0. The van der Waals surface area contributed by atoms with Gasteiger partial charge < -0.3 is 5.11 Å². The van der Waals surface area contributed by atoms with Gasteiger partial charge in [0.1, 0.15) is 0 Å². The molecule has 0 aliphatic carbocycles. The van der Waals surface area contributed by atoms with Gasteiger partial charge in [0.15, 0.2) is 0 Å². The van der Waals surface area contributed by atoms with E-state index in [2.05, 4.69) is 11.3 Å². The van der Waals surface area contributed by atoms with Crippen LogP contribution in [0.5, 0.6) is 0 Å². The molecule has 0 aliphatic heterocycles. The largest absolute Gasteiger partial charge is 0.478 e. The highest BCUT2D eigenvalue weighted by molar-refractivity contribution is 7.92. The normalized spacial score (nSPS) is 10.9. The van der Waals surface area contributed by atoms with Gasteiger partial charge in [-0.1, -0.05) is 17.7 Å². The van der Waals surface area contributed by atoms with Crippen LogP contribution in [0.15, 0.2) is 30.9 Å². The van der Waals surface area contributed by atoms with Gasteiger partial charge in [0.25, 0.3) is 0 Å². The van der Waals surface area contributed by atoms with E-state index in [1.165, 1.54) is 24.3 Å². The highest BCUT2D eigenvalue weighted by Crippen LogP contribution is 2.21. The molecule has 0 bridgehead atoms. The molecule has 0 amide bonds. The molecule has 0 fully saturated rings. The van der Waals surface area contributed by atoms with E-state index in [-0.39, 0.29) is 22.0 Å². The molecule has 0 atom stereocenters. The van der Waals surface area contributed by atoms with Gasteiger partial charge in [0.2, 0.25) is 10.0 Å². The second-order valence-corrected chi connectivity index (χ2v) is 5.35. The smallest absolute Gasteiger partial charge is 0.337 e. The molecule has 2 N–H and O–H groups in total. The number of sulfonamides is 1. The molecule has 92 valence electrons. The number of aromatic carboxylic acids is 1. The average Bonchev–Trinajstić information content (AvgIpc) is 2.15. The summed E-state index contributed by atoms with van der Waals surface area (Å²) in [5.41, 5.74) is 0.125. The van der Waals surface area contributed by atoms with E-state index in [9.17, 15) is 13.2 Å². The summed E-state index contributed by atoms with van der Waals surface area (Å²) in [6, 6.07) is 3.80. The molecular formula is C10H10ClNO4S. The van der Waals surface area contributed by atoms with E-state index >= 15 is 0 Å². The van der Waals surface area contributed by atoms with E-state index in [0.717, 1.165) is 0 Å². The van der Waals surface area contributed by atoms with Crippen molar-refractivity contribution in [2.24, 2.45) is 0 Å². The van der Waals surface area contributed by atoms with Gasteiger partial charge in [-0.05, 0) is 18.2 Å². The Morgan fingerprint density at radius 2 is 2.18 bits per heavy atom. The van der Waals surface area contributed by atoms with Crippen LogP contribution in [0, 0.1) is 0 Å². The van der Waals surface area contributed by atoms with Gasteiger partial charge in [-0.3, -0.25) is 4.72 Å². The Morgan fingerprint density at radius 3 is 2.65 bits per heavy atom. The monoisotopic (exact) mass is 275 g/mol. The topological polar surface area (TPSA) is 83.5 Å². The van der Waals surface area contributed by atoms with Gasteiger partial charge in [0, 0.05) is 0 Å². The molecule has 5 nitrogen and oxygen atoms in total. The summed E-state index contributed by atoms with van der Waals surface area (Å²) in [6.07, 6.45) is 1.25. The van der Waals surface area contributed by atoms with E-state index in [0.29, 0.717) is 0 Å². The lowest BCUT2D eigenvalue weighted by molar-refractivity contribution is 0.0697. The third-order valence-electron chi connectivity index (χ3n) is 1.81. The van der Waals surface area contributed by atoms with Crippen molar-refractivity contribution in [3.05, 3.63) is 41.4 Å². The predicted molar refractivity (Wildman–Crippen MR) is 66.0 cm³/mol.